The first-order chi connectivity index (χ1) is 9.96. The third kappa shape index (κ3) is 3.84. The highest BCUT2D eigenvalue weighted by Crippen LogP contribution is 2.33. The summed E-state index contributed by atoms with van der Waals surface area (Å²) in [6.07, 6.45) is 7.28. The molecule has 1 aromatic heterocycles. The first-order valence-electron chi connectivity index (χ1n) is 7.90. The van der Waals surface area contributed by atoms with Crippen molar-refractivity contribution in [2.75, 3.05) is 11.9 Å². The molecular weight excluding hydrogens is 266 g/mol. The van der Waals surface area contributed by atoms with Crippen LogP contribution in [-0.2, 0) is 6.54 Å². The molecule has 0 atom stereocenters. The van der Waals surface area contributed by atoms with Crippen LogP contribution < -0.4 is 10.9 Å². The normalized spacial score (nSPS) is 26.0. The molecule has 0 unspecified atom stereocenters. The molecule has 118 valence electrons. The Hall–Kier alpha value is -1.36. The number of aliphatic hydroxyl groups is 1. The average molecular weight is 293 g/mol. The molecule has 0 saturated heterocycles. The summed E-state index contributed by atoms with van der Waals surface area (Å²) in [4.78, 5) is 16.7. The number of aromatic nitrogens is 2. The fourth-order valence-electron chi connectivity index (χ4n) is 2.96. The van der Waals surface area contributed by atoms with Crippen LogP contribution in [0.5, 0.6) is 0 Å². The highest BCUT2D eigenvalue weighted by molar-refractivity contribution is 5.35. The van der Waals surface area contributed by atoms with Gasteiger partial charge in [0.25, 0.3) is 5.56 Å². The van der Waals surface area contributed by atoms with Gasteiger partial charge in [0.15, 0.2) is 5.82 Å². The molecule has 1 saturated carbocycles. The van der Waals surface area contributed by atoms with Crippen LogP contribution in [0, 0.1) is 11.8 Å². The number of anilines is 1. The summed E-state index contributed by atoms with van der Waals surface area (Å²) in [5.41, 5.74) is -0.493. The number of nitrogens with one attached hydrogen (secondary N) is 1. The quantitative estimate of drug-likeness (QED) is 0.874. The highest BCUT2D eigenvalue weighted by atomic mass is 16.3. The summed E-state index contributed by atoms with van der Waals surface area (Å²) in [5, 5.41) is 13.0. The molecule has 0 spiro atoms. The second-order valence-electron chi connectivity index (χ2n) is 6.87. The van der Waals surface area contributed by atoms with Gasteiger partial charge in [-0.2, -0.15) is 0 Å². The Morgan fingerprint density at radius 2 is 2.14 bits per heavy atom. The van der Waals surface area contributed by atoms with Gasteiger partial charge in [0.05, 0.1) is 12.1 Å². The van der Waals surface area contributed by atoms with Crippen molar-refractivity contribution in [3.63, 3.8) is 0 Å². The van der Waals surface area contributed by atoms with Crippen LogP contribution in [0.3, 0.4) is 0 Å². The van der Waals surface area contributed by atoms with Gasteiger partial charge in [-0.15, -0.1) is 0 Å². The second-order valence-corrected chi connectivity index (χ2v) is 6.87. The van der Waals surface area contributed by atoms with Crippen molar-refractivity contribution >= 4 is 5.82 Å². The van der Waals surface area contributed by atoms with E-state index in [9.17, 15) is 9.90 Å². The SMILES string of the molecule is CC(C)Cn1ccnc(NC2(CO)CCC(C)CC2)c1=O. The summed E-state index contributed by atoms with van der Waals surface area (Å²) in [6, 6.07) is 0. The molecule has 0 amide bonds. The number of hydrogen-bond donors (Lipinski definition) is 2. The smallest absolute Gasteiger partial charge is 0.293 e. The summed E-state index contributed by atoms with van der Waals surface area (Å²) in [5.74, 6) is 1.45. The Morgan fingerprint density at radius 3 is 2.71 bits per heavy atom. The maximum atomic E-state index is 12.5. The molecule has 21 heavy (non-hydrogen) atoms. The Balaban J connectivity index is 2.20. The molecule has 1 aliphatic carbocycles. The number of nitrogens with zero attached hydrogens (tertiary/aromatic N) is 2. The molecule has 0 aromatic carbocycles. The third-order valence-corrected chi connectivity index (χ3v) is 4.39. The van der Waals surface area contributed by atoms with Gasteiger partial charge in [-0.05, 0) is 37.5 Å². The van der Waals surface area contributed by atoms with Crippen molar-refractivity contribution in [1.82, 2.24) is 9.55 Å². The van der Waals surface area contributed by atoms with Crippen molar-refractivity contribution in [2.24, 2.45) is 11.8 Å². The van der Waals surface area contributed by atoms with Crippen LogP contribution in [0.25, 0.3) is 0 Å². The molecule has 1 aliphatic rings. The van der Waals surface area contributed by atoms with Gasteiger partial charge in [-0.3, -0.25) is 4.79 Å². The summed E-state index contributed by atoms with van der Waals surface area (Å²) in [6.45, 7) is 7.12. The van der Waals surface area contributed by atoms with Crippen LogP contribution in [0.15, 0.2) is 17.2 Å². The fraction of sp³-hybridized carbons (Fsp3) is 0.750. The molecule has 0 bridgehead atoms. The zero-order chi connectivity index (χ0) is 15.5. The first kappa shape index (κ1) is 16.0. The van der Waals surface area contributed by atoms with Gasteiger partial charge in [-0.25, -0.2) is 4.98 Å². The minimum Gasteiger partial charge on any atom is -0.394 e. The maximum absolute atomic E-state index is 12.5. The molecule has 1 heterocycles. The molecule has 0 radical (unpaired) electrons. The Labute approximate surface area is 126 Å². The van der Waals surface area contributed by atoms with E-state index in [1.807, 2.05) is 0 Å². The molecule has 1 aromatic rings. The van der Waals surface area contributed by atoms with Crippen molar-refractivity contribution in [3.8, 4) is 0 Å². The lowest BCUT2D eigenvalue weighted by Crippen LogP contribution is -2.47. The van der Waals surface area contributed by atoms with E-state index in [2.05, 4.69) is 31.1 Å². The van der Waals surface area contributed by atoms with E-state index in [-0.39, 0.29) is 12.2 Å². The molecule has 5 nitrogen and oxygen atoms in total. The van der Waals surface area contributed by atoms with E-state index in [1.54, 1.807) is 17.0 Å². The van der Waals surface area contributed by atoms with Crippen molar-refractivity contribution in [3.05, 3.63) is 22.7 Å². The highest BCUT2D eigenvalue weighted by Gasteiger charge is 2.34. The number of hydrogen-bond acceptors (Lipinski definition) is 4. The summed E-state index contributed by atoms with van der Waals surface area (Å²) < 4.78 is 1.69. The zero-order valence-electron chi connectivity index (χ0n) is 13.3. The largest absolute Gasteiger partial charge is 0.394 e. The standard InChI is InChI=1S/C16H27N3O2/c1-12(2)10-19-9-8-17-14(15(19)21)18-16(11-20)6-4-13(3)5-7-16/h8-9,12-13,20H,4-7,10-11H2,1-3H3,(H,17,18). The average Bonchev–Trinajstić information content (AvgIpc) is 2.45. The van der Waals surface area contributed by atoms with E-state index in [1.165, 1.54) is 0 Å². The van der Waals surface area contributed by atoms with E-state index in [0.717, 1.165) is 25.7 Å². The second kappa shape index (κ2) is 6.60. The fourth-order valence-corrected chi connectivity index (χ4v) is 2.96. The van der Waals surface area contributed by atoms with Crippen LogP contribution >= 0.6 is 0 Å². The first-order valence-corrected chi connectivity index (χ1v) is 7.90. The van der Waals surface area contributed by atoms with Crippen LogP contribution in [0.1, 0.15) is 46.5 Å². The maximum Gasteiger partial charge on any atom is 0.293 e. The van der Waals surface area contributed by atoms with Gasteiger partial charge < -0.3 is 15.0 Å². The molecule has 0 aliphatic heterocycles. The lowest BCUT2D eigenvalue weighted by atomic mass is 9.77. The molecule has 2 N–H and O–H groups in total. The van der Waals surface area contributed by atoms with Gasteiger partial charge in [0, 0.05) is 18.9 Å². The summed E-state index contributed by atoms with van der Waals surface area (Å²) >= 11 is 0. The van der Waals surface area contributed by atoms with Crippen molar-refractivity contribution in [2.45, 2.75) is 58.5 Å². The van der Waals surface area contributed by atoms with Gasteiger partial charge in [0.2, 0.25) is 0 Å². The Morgan fingerprint density at radius 1 is 1.48 bits per heavy atom. The van der Waals surface area contributed by atoms with E-state index >= 15 is 0 Å². The minimum absolute atomic E-state index is 0.0416. The number of rotatable bonds is 5. The van der Waals surface area contributed by atoms with Crippen LogP contribution in [-0.4, -0.2) is 26.8 Å². The lowest BCUT2D eigenvalue weighted by molar-refractivity contribution is 0.155. The van der Waals surface area contributed by atoms with E-state index in [0.29, 0.717) is 24.2 Å². The zero-order valence-corrected chi connectivity index (χ0v) is 13.3. The molecule has 5 heteroatoms. The van der Waals surface area contributed by atoms with Crippen molar-refractivity contribution in [1.29, 1.82) is 0 Å². The predicted molar refractivity (Wildman–Crippen MR) is 84.4 cm³/mol. The van der Waals surface area contributed by atoms with Crippen LogP contribution in [0.4, 0.5) is 5.82 Å². The predicted octanol–water partition coefficient (Wildman–Crippen LogP) is 2.25. The monoisotopic (exact) mass is 293 g/mol. The van der Waals surface area contributed by atoms with E-state index in [4.69, 9.17) is 0 Å². The third-order valence-electron chi connectivity index (χ3n) is 4.39. The molecular formula is C16H27N3O2. The van der Waals surface area contributed by atoms with Gasteiger partial charge in [0.1, 0.15) is 0 Å². The van der Waals surface area contributed by atoms with Crippen molar-refractivity contribution < 1.29 is 5.11 Å². The topological polar surface area (TPSA) is 67.2 Å². The van der Waals surface area contributed by atoms with Gasteiger partial charge in [-0.1, -0.05) is 20.8 Å². The van der Waals surface area contributed by atoms with E-state index < -0.39 is 5.54 Å². The Bertz CT molecular complexity index is 516. The summed E-state index contributed by atoms with van der Waals surface area (Å²) in [7, 11) is 0. The lowest BCUT2D eigenvalue weighted by Gasteiger charge is -2.39. The minimum atomic E-state index is -0.393. The van der Waals surface area contributed by atoms with Gasteiger partial charge >= 0.3 is 0 Å². The molecule has 2 rings (SSSR count). The Kier molecular flexibility index (Phi) is 5.04. The number of aliphatic hydroxyl groups excluding tert-OH is 1. The molecule has 1 fully saturated rings. The van der Waals surface area contributed by atoms with Crippen LogP contribution in [0.2, 0.25) is 0 Å².